The van der Waals surface area contributed by atoms with Crippen LogP contribution < -0.4 is 0 Å². The summed E-state index contributed by atoms with van der Waals surface area (Å²) in [6.45, 7) is 9.13. The first-order chi connectivity index (χ1) is 13.7. The van der Waals surface area contributed by atoms with Crippen molar-refractivity contribution >= 4 is 5.97 Å². The van der Waals surface area contributed by atoms with Crippen LogP contribution in [0.4, 0.5) is 0 Å². The second-order valence-electron chi connectivity index (χ2n) is 7.44. The summed E-state index contributed by atoms with van der Waals surface area (Å²) in [6.07, 6.45) is 3.43. The van der Waals surface area contributed by atoms with Gasteiger partial charge in [-0.1, -0.05) is 42.5 Å². The minimum absolute atomic E-state index is 0.238. The maximum absolute atomic E-state index is 11.7. The van der Waals surface area contributed by atoms with Crippen molar-refractivity contribution < 1.29 is 9.53 Å². The molecule has 0 unspecified atom stereocenters. The van der Waals surface area contributed by atoms with E-state index >= 15 is 0 Å². The zero-order valence-corrected chi connectivity index (χ0v) is 17.0. The molecule has 2 aromatic carbocycles. The van der Waals surface area contributed by atoms with Crippen molar-refractivity contribution in [2.45, 2.75) is 26.2 Å². The number of esters is 1. The average molecular weight is 381 g/mol. The molecule has 1 aliphatic rings. The number of nitrogens with zero attached hydrogens (tertiary/aromatic N) is 2. The Morgan fingerprint density at radius 1 is 0.821 bits per heavy atom. The van der Waals surface area contributed by atoms with Gasteiger partial charge < -0.3 is 14.5 Å². The first-order valence-electron chi connectivity index (χ1n) is 10.5. The predicted molar refractivity (Wildman–Crippen MR) is 114 cm³/mol. The summed E-state index contributed by atoms with van der Waals surface area (Å²) in [6, 6.07) is 18.6. The molecule has 0 spiro atoms. The largest absolute Gasteiger partial charge is 0.462 e. The fourth-order valence-electron chi connectivity index (χ4n) is 3.70. The van der Waals surface area contributed by atoms with Gasteiger partial charge >= 0.3 is 5.97 Å². The van der Waals surface area contributed by atoms with Crippen molar-refractivity contribution in [1.82, 2.24) is 9.80 Å². The Kier molecular flexibility index (Phi) is 8.07. The van der Waals surface area contributed by atoms with Gasteiger partial charge in [-0.05, 0) is 56.0 Å². The van der Waals surface area contributed by atoms with Crippen LogP contribution >= 0.6 is 0 Å². The highest BCUT2D eigenvalue weighted by molar-refractivity contribution is 5.89. The summed E-state index contributed by atoms with van der Waals surface area (Å²) in [4.78, 5) is 16.9. The monoisotopic (exact) mass is 380 g/mol. The normalized spacial score (nSPS) is 15.5. The molecule has 1 saturated heterocycles. The molecule has 1 fully saturated rings. The summed E-state index contributed by atoms with van der Waals surface area (Å²) < 4.78 is 5.03. The second-order valence-corrected chi connectivity index (χ2v) is 7.44. The Labute approximate surface area is 169 Å². The van der Waals surface area contributed by atoms with Crippen molar-refractivity contribution in [2.24, 2.45) is 0 Å². The van der Waals surface area contributed by atoms with E-state index in [1.807, 2.05) is 31.2 Å². The number of aryl methyl sites for hydroxylation is 1. The fourth-order valence-corrected chi connectivity index (χ4v) is 3.70. The molecule has 4 nitrogen and oxygen atoms in total. The first-order valence-corrected chi connectivity index (χ1v) is 10.5. The lowest BCUT2D eigenvalue weighted by atomic mass is 10.1. The lowest BCUT2D eigenvalue weighted by Crippen LogP contribution is -2.47. The molecule has 0 amide bonds. The standard InChI is InChI=1S/C24H32N2O2/c1-2-28-24(27)23-12-10-22(11-13-23)14-16-26-19-17-25(18-20-26)15-6-9-21-7-4-3-5-8-21/h3-5,7-8,10-13H,2,6,9,14-20H2,1H3. The van der Waals surface area contributed by atoms with Crippen LogP contribution in [0.25, 0.3) is 0 Å². The molecule has 0 aliphatic carbocycles. The number of hydrogen-bond acceptors (Lipinski definition) is 4. The van der Waals surface area contributed by atoms with Gasteiger partial charge in [-0.15, -0.1) is 0 Å². The highest BCUT2D eigenvalue weighted by Crippen LogP contribution is 2.10. The lowest BCUT2D eigenvalue weighted by Gasteiger charge is -2.34. The van der Waals surface area contributed by atoms with Gasteiger partial charge in [0.2, 0.25) is 0 Å². The van der Waals surface area contributed by atoms with Crippen molar-refractivity contribution in [3.05, 3.63) is 71.3 Å². The maximum Gasteiger partial charge on any atom is 0.338 e. The Morgan fingerprint density at radius 3 is 2.07 bits per heavy atom. The van der Waals surface area contributed by atoms with E-state index in [-0.39, 0.29) is 5.97 Å². The van der Waals surface area contributed by atoms with Gasteiger partial charge in [0.1, 0.15) is 0 Å². The van der Waals surface area contributed by atoms with Crippen LogP contribution in [0.3, 0.4) is 0 Å². The zero-order valence-electron chi connectivity index (χ0n) is 17.0. The SMILES string of the molecule is CCOC(=O)c1ccc(CCN2CCN(CCCc3ccccc3)CC2)cc1. The Hall–Kier alpha value is -2.17. The van der Waals surface area contributed by atoms with Crippen LogP contribution in [0.5, 0.6) is 0 Å². The van der Waals surface area contributed by atoms with Gasteiger partial charge in [0, 0.05) is 32.7 Å². The third kappa shape index (κ3) is 6.47. The molecule has 150 valence electrons. The molecule has 1 aliphatic heterocycles. The number of hydrogen-bond donors (Lipinski definition) is 0. The summed E-state index contributed by atoms with van der Waals surface area (Å²) in [7, 11) is 0. The average Bonchev–Trinajstić information content (AvgIpc) is 2.74. The Morgan fingerprint density at radius 2 is 1.43 bits per heavy atom. The van der Waals surface area contributed by atoms with E-state index in [4.69, 9.17) is 4.74 Å². The van der Waals surface area contributed by atoms with Crippen molar-refractivity contribution in [1.29, 1.82) is 0 Å². The Bertz CT molecular complexity index is 707. The van der Waals surface area contributed by atoms with Crippen LogP contribution in [-0.2, 0) is 17.6 Å². The molecule has 1 heterocycles. The maximum atomic E-state index is 11.7. The Balaban J connectivity index is 1.32. The molecule has 28 heavy (non-hydrogen) atoms. The van der Waals surface area contributed by atoms with Gasteiger partial charge in [-0.25, -0.2) is 4.79 Å². The second kappa shape index (κ2) is 11.0. The molecule has 0 aromatic heterocycles. The lowest BCUT2D eigenvalue weighted by molar-refractivity contribution is 0.0526. The van der Waals surface area contributed by atoms with Crippen LogP contribution in [0.2, 0.25) is 0 Å². The van der Waals surface area contributed by atoms with E-state index in [2.05, 4.69) is 40.1 Å². The predicted octanol–water partition coefficient (Wildman–Crippen LogP) is 3.66. The summed E-state index contributed by atoms with van der Waals surface area (Å²) in [5.41, 5.74) is 3.35. The third-order valence-corrected chi connectivity index (χ3v) is 5.43. The number of benzene rings is 2. The van der Waals surface area contributed by atoms with E-state index in [9.17, 15) is 4.79 Å². The minimum Gasteiger partial charge on any atom is -0.462 e. The van der Waals surface area contributed by atoms with Gasteiger partial charge in [0.15, 0.2) is 0 Å². The molecular weight excluding hydrogens is 348 g/mol. The quantitative estimate of drug-likeness (QED) is 0.622. The van der Waals surface area contributed by atoms with E-state index < -0.39 is 0 Å². The summed E-state index contributed by atoms with van der Waals surface area (Å²) in [5.74, 6) is -0.238. The van der Waals surface area contributed by atoms with E-state index in [0.29, 0.717) is 12.2 Å². The van der Waals surface area contributed by atoms with Gasteiger partial charge in [-0.2, -0.15) is 0 Å². The molecule has 0 atom stereocenters. The van der Waals surface area contributed by atoms with Crippen molar-refractivity contribution in [3.63, 3.8) is 0 Å². The van der Waals surface area contributed by atoms with Crippen LogP contribution in [0.15, 0.2) is 54.6 Å². The zero-order chi connectivity index (χ0) is 19.6. The summed E-state index contributed by atoms with van der Waals surface area (Å²) >= 11 is 0. The fraction of sp³-hybridized carbons (Fsp3) is 0.458. The van der Waals surface area contributed by atoms with Crippen molar-refractivity contribution in [2.75, 3.05) is 45.9 Å². The minimum atomic E-state index is -0.238. The third-order valence-electron chi connectivity index (χ3n) is 5.43. The molecule has 2 aromatic rings. The first kappa shape index (κ1) is 20.6. The van der Waals surface area contributed by atoms with E-state index in [1.54, 1.807) is 0 Å². The molecule has 0 N–H and O–H groups in total. The van der Waals surface area contributed by atoms with Gasteiger partial charge in [0.25, 0.3) is 0 Å². The van der Waals surface area contributed by atoms with Crippen molar-refractivity contribution in [3.8, 4) is 0 Å². The topological polar surface area (TPSA) is 32.8 Å². The van der Waals surface area contributed by atoms with E-state index in [0.717, 1.165) is 39.1 Å². The number of carbonyl (C=O) groups excluding carboxylic acids is 1. The molecule has 4 heteroatoms. The number of rotatable bonds is 9. The highest BCUT2D eigenvalue weighted by atomic mass is 16.5. The van der Waals surface area contributed by atoms with Gasteiger partial charge in [-0.3, -0.25) is 0 Å². The number of ether oxygens (including phenoxy) is 1. The molecule has 0 radical (unpaired) electrons. The van der Waals surface area contributed by atoms with E-state index in [1.165, 1.54) is 30.5 Å². The smallest absolute Gasteiger partial charge is 0.338 e. The van der Waals surface area contributed by atoms with Crippen LogP contribution in [0, 0.1) is 0 Å². The molecule has 0 saturated carbocycles. The number of carbonyl (C=O) groups is 1. The van der Waals surface area contributed by atoms with Crippen LogP contribution in [0.1, 0.15) is 34.8 Å². The van der Waals surface area contributed by atoms with Gasteiger partial charge in [0.05, 0.1) is 12.2 Å². The van der Waals surface area contributed by atoms with Crippen LogP contribution in [-0.4, -0.2) is 61.6 Å². The molecule has 3 rings (SSSR count). The molecular formula is C24H32N2O2. The number of piperazine rings is 1. The summed E-state index contributed by atoms with van der Waals surface area (Å²) in [5, 5.41) is 0. The molecule has 0 bridgehead atoms. The highest BCUT2D eigenvalue weighted by Gasteiger charge is 2.16.